The lowest BCUT2D eigenvalue weighted by Crippen LogP contribution is -2.42. The first-order valence-electron chi connectivity index (χ1n) is 9.26. The maximum atomic E-state index is 13.0. The molecule has 1 saturated heterocycles. The molecule has 0 spiro atoms. The molecule has 1 aliphatic heterocycles. The fraction of sp³-hybridized carbons (Fsp3) is 0.350. The molecular formula is C20H21FN2O4S2. The summed E-state index contributed by atoms with van der Waals surface area (Å²) in [4.78, 5) is 4.50. The number of methoxy groups -OCH3 is 1. The minimum Gasteiger partial charge on any atom is -0.497 e. The second kappa shape index (κ2) is 8.25. The average Bonchev–Trinajstić information content (AvgIpc) is 3.11. The van der Waals surface area contributed by atoms with Crippen LogP contribution in [-0.2, 0) is 15.8 Å². The van der Waals surface area contributed by atoms with E-state index in [1.165, 1.54) is 39.9 Å². The third kappa shape index (κ3) is 4.68. The van der Waals surface area contributed by atoms with E-state index in [2.05, 4.69) is 4.98 Å². The van der Waals surface area contributed by atoms with Crippen LogP contribution >= 0.6 is 11.3 Å². The zero-order valence-electron chi connectivity index (χ0n) is 15.9. The maximum absolute atomic E-state index is 13.0. The van der Waals surface area contributed by atoms with Crippen LogP contribution in [0.5, 0.6) is 10.9 Å². The van der Waals surface area contributed by atoms with E-state index < -0.39 is 10.0 Å². The quantitative estimate of drug-likeness (QED) is 0.588. The van der Waals surface area contributed by atoms with Gasteiger partial charge in [-0.25, -0.2) is 22.1 Å². The largest absolute Gasteiger partial charge is 0.497 e. The smallest absolute Gasteiger partial charge is 0.274 e. The zero-order valence-corrected chi connectivity index (χ0v) is 17.5. The predicted octanol–water partition coefficient (Wildman–Crippen LogP) is 3.82. The standard InChI is InChI=1S/C20H21FN2O4S2/c1-26-17-6-7-19-18(12-17)22-20(28-19)27-16-8-10-23(11-9-16)29(24,25)13-14-2-4-15(21)5-3-14/h2-7,12,16H,8-11,13H2,1H3. The Morgan fingerprint density at radius 1 is 1.17 bits per heavy atom. The van der Waals surface area contributed by atoms with E-state index in [1.807, 2.05) is 18.2 Å². The summed E-state index contributed by atoms with van der Waals surface area (Å²) in [6.07, 6.45) is 1.12. The molecule has 6 nitrogen and oxygen atoms in total. The minimum atomic E-state index is -3.45. The molecule has 0 unspecified atom stereocenters. The fourth-order valence-corrected chi connectivity index (χ4v) is 5.74. The summed E-state index contributed by atoms with van der Waals surface area (Å²) in [6.45, 7) is 0.791. The number of hydrogen-bond donors (Lipinski definition) is 0. The number of ether oxygens (including phenoxy) is 2. The highest BCUT2D eigenvalue weighted by atomic mass is 32.2. The molecule has 0 bridgehead atoms. The van der Waals surface area contributed by atoms with Gasteiger partial charge in [0, 0.05) is 19.2 Å². The summed E-state index contributed by atoms with van der Waals surface area (Å²) in [5.74, 6) is 0.241. The van der Waals surface area contributed by atoms with Gasteiger partial charge >= 0.3 is 0 Å². The lowest BCUT2D eigenvalue weighted by Gasteiger charge is -2.30. The maximum Gasteiger partial charge on any atom is 0.274 e. The van der Waals surface area contributed by atoms with Crippen LogP contribution in [0.25, 0.3) is 10.2 Å². The molecule has 154 valence electrons. The molecule has 4 rings (SSSR count). The Morgan fingerprint density at radius 2 is 1.90 bits per heavy atom. The summed E-state index contributed by atoms with van der Waals surface area (Å²) < 4.78 is 52.0. The summed E-state index contributed by atoms with van der Waals surface area (Å²) in [6, 6.07) is 11.3. The first kappa shape index (κ1) is 20.1. The van der Waals surface area contributed by atoms with E-state index in [0.717, 1.165) is 16.0 Å². The van der Waals surface area contributed by atoms with Crippen LogP contribution in [0.3, 0.4) is 0 Å². The van der Waals surface area contributed by atoms with Gasteiger partial charge in [0.25, 0.3) is 5.19 Å². The summed E-state index contributed by atoms with van der Waals surface area (Å²) >= 11 is 1.47. The predicted molar refractivity (Wildman–Crippen MR) is 110 cm³/mol. The Balaban J connectivity index is 1.36. The number of hydrogen-bond acceptors (Lipinski definition) is 6. The van der Waals surface area contributed by atoms with Gasteiger partial charge in [0.15, 0.2) is 0 Å². The third-order valence-electron chi connectivity index (χ3n) is 4.90. The number of rotatable bonds is 6. The second-order valence-electron chi connectivity index (χ2n) is 6.91. The molecule has 1 aromatic heterocycles. The van der Waals surface area contributed by atoms with Crippen molar-refractivity contribution in [3.63, 3.8) is 0 Å². The Hall–Kier alpha value is -2.23. The second-order valence-corrected chi connectivity index (χ2v) is 9.87. The normalized spacial score (nSPS) is 16.2. The van der Waals surface area contributed by atoms with Crippen molar-refractivity contribution in [3.05, 3.63) is 53.8 Å². The molecule has 0 amide bonds. The topological polar surface area (TPSA) is 68.7 Å². The van der Waals surface area contributed by atoms with Gasteiger partial charge in [-0.05, 0) is 42.7 Å². The van der Waals surface area contributed by atoms with Crippen molar-refractivity contribution in [1.82, 2.24) is 9.29 Å². The van der Waals surface area contributed by atoms with E-state index in [0.29, 0.717) is 36.7 Å². The number of thiazole rings is 1. The van der Waals surface area contributed by atoms with Gasteiger partial charge in [0.05, 0.1) is 23.1 Å². The van der Waals surface area contributed by atoms with Crippen molar-refractivity contribution in [2.75, 3.05) is 20.2 Å². The van der Waals surface area contributed by atoms with Crippen LogP contribution in [0, 0.1) is 5.82 Å². The lowest BCUT2D eigenvalue weighted by molar-refractivity contribution is 0.135. The van der Waals surface area contributed by atoms with Crippen molar-refractivity contribution in [2.45, 2.75) is 24.7 Å². The highest BCUT2D eigenvalue weighted by Gasteiger charge is 2.29. The van der Waals surface area contributed by atoms with E-state index in [4.69, 9.17) is 9.47 Å². The minimum absolute atomic E-state index is 0.0743. The van der Waals surface area contributed by atoms with Crippen LogP contribution in [0.4, 0.5) is 4.39 Å². The van der Waals surface area contributed by atoms with Crippen molar-refractivity contribution in [1.29, 1.82) is 0 Å². The van der Waals surface area contributed by atoms with Crippen LogP contribution < -0.4 is 9.47 Å². The number of halogens is 1. The van der Waals surface area contributed by atoms with E-state index >= 15 is 0 Å². The Morgan fingerprint density at radius 3 is 2.59 bits per heavy atom. The first-order chi connectivity index (χ1) is 13.9. The van der Waals surface area contributed by atoms with Crippen molar-refractivity contribution in [2.24, 2.45) is 0 Å². The third-order valence-corrected chi connectivity index (χ3v) is 7.68. The van der Waals surface area contributed by atoms with Gasteiger partial charge < -0.3 is 9.47 Å². The summed E-state index contributed by atoms with van der Waals surface area (Å²) in [7, 11) is -1.83. The highest BCUT2D eigenvalue weighted by Crippen LogP contribution is 2.32. The average molecular weight is 437 g/mol. The Bertz CT molecular complexity index is 1090. The van der Waals surface area contributed by atoms with Crippen molar-refractivity contribution >= 4 is 31.6 Å². The Labute approximate surface area is 172 Å². The van der Waals surface area contributed by atoms with Gasteiger partial charge in [-0.2, -0.15) is 0 Å². The van der Waals surface area contributed by atoms with Gasteiger partial charge in [0.1, 0.15) is 17.7 Å². The molecule has 29 heavy (non-hydrogen) atoms. The number of nitrogens with zero attached hydrogens (tertiary/aromatic N) is 2. The SMILES string of the molecule is COc1ccc2sc(OC3CCN(S(=O)(=O)Cc4ccc(F)cc4)CC3)nc2c1. The lowest BCUT2D eigenvalue weighted by atomic mass is 10.1. The van der Waals surface area contributed by atoms with Crippen molar-refractivity contribution in [3.8, 4) is 10.9 Å². The summed E-state index contributed by atoms with van der Waals surface area (Å²) in [5.41, 5.74) is 1.40. The van der Waals surface area contributed by atoms with Gasteiger partial charge in [-0.3, -0.25) is 0 Å². The number of fused-ring (bicyclic) bond motifs is 1. The molecular weight excluding hydrogens is 415 g/mol. The molecule has 9 heteroatoms. The highest BCUT2D eigenvalue weighted by molar-refractivity contribution is 7.88. The molecule has 1 aliphatic rings. The number of benzene rings is 2. The number of piperidine rings is 1. The van der Waals surface area contributed by atoms with Crippen LogP contribution in [0.1, 0.15) is 18.4 Å². The van der Waals surface area contributed by atoms with E-state index in [-0.39, 0.29) is 17.7 Å². The van der Waals surface area contributed by atoms with Gasteiger partial charge in [-0.1, -0.05) is 23.5 Å². The van der Waals surface area contributed by atoms with E-state index in [1.54, 1.807) is 7.11 Å². The molecule has 0 atom stereocenters. The van der Waals surface area contributed by atoms with Crippen LogP contribution in [0.2, 0.25) is 0 Å². The molecule has 0 radical (unpaired) electrons. The first-order valence-corrected chi connectivity index (χ1v) is 11.7. The van der Waals surface area contributed by atoms with Crippen LogP contribution in [0.15, 0.2) is 42.5 Å². The van der Waals surface area contributed by atoms with Crippen molar-refractivity contribution < 1.29 is 22.3 Å². The van der Waals surface area contributed by atoms with Crippen LogP contribution in [-0.4, -0.2) is 44.0 Å². The molecule has 0 N–H and O–H groups in total. The molecule has 2 heterocycles. The number of sulfonamides is 1. The van der Waals surface area contributed by atoms with Gasteiger partial charge in [-0.15, -0.1) is 0 Å². The zero-order chi connectivity index (χ0) is 20.4. The molecule has 0 saturated carbocycles. The van der Waals surface area contributed by atoms with E-state index in [9.17, 15) is 12.8 Å². The monoisotopic (exact) mass is 436 g/mol. The fourth-order valence-electron chi connectivity index (χ4n) is 3.32. The summed E-state index contributed by atoms with van der Waals surface area (Å²) in [5, 5.41) is 0.584. The molecule has 0 aliphatic carbocycles. The molecule has 1 fully saturated rings. The molecule has 3 aromatic rings. The van der Waals surface area contributed by atoms with Gasteiger partial charge in [0.2, 0.25) is 10.0 Å². The molecule has 2 aromatic carbocycles. The number of aromatic nitrogens is 1. The Kier molecular flexibility index (Phi) is 5.71.